The molecule has 182 valence electrons. The Morgan fingerprint density at radius 3 is 2.37 bits per heavy atom. The van der Waals surface area contributed by atoms with E-state index in [1.807, 2.05) is 25.1 Å². The zero-order valence-electron chi connectivity index (χ0n) is 19.3. The minimum atomic E-state index is -4.11. The SMILES string of the molecule is CCCCN(CC(=O)O)C(=O)[C@H](Cc1ccc(C#N)cc1)NS(=O)(=O)c1ccc2ccccc2c1. The first kappa shape index (κ1) is 25.9. The monoisotopic (exact) mass is 493 g/mol. The van der Waals surface area contributed by atoms with Crippen LogP contribution in [0, 0.1) is 11.3 Å². The molecule has 3 aromatic carbocycles. The van der Waals surface area contributed by atoms with Crippen LogP contribution in [0.4, 0.5) is 0 Å². The van der Waals surface area contributed by atoms with Crippen molar-refractivity contribution in [2.75, 3.05) is 13.1 Å². The highest BCUT2D eigenvalue weighted by Crippen LogP contribution is 2.20. The average Bonchev–Trinajstić information content (AvgIpc) is 2.85. The third kappa shape index (κ3) is 6.88. The maximum absolute atomic E-state index is 13.4. The van der Waals surface area contributed by atoms with Gasteiger partial charge in [-0.3, -0.25) is 9.59 Å². The van der Waals surface area contributed by atoms with Gasteiger partial charge >= 0.3 is 5.97 Å². The molecule has 3 aromatic rings. The van der Waals surface area contributed by atoms with Crippen molar-refractivity contribution in [3.05, 3.63) is 77.9 Å². The molecule has 0 aliphatic carbocycles. The average molecular weight is 494 g/mol. The van der Waals surface area contributed by atoms with Crippen LogP contribution in [0.25, 0.3) is 10.8 Å². The van der Waals surface area contributed by atoms with Crippen molar-refractivity contribution in [2.45, 2.75) is 37.1 Å². The van der Waals surface area contributed by atoms with Crippen LogP contribution < -0.4 is 4.72 Å². The lowest BCUT2D eigenvalue weighted by Crippen LogP contribution is -2.51. The van der Waals surface area contributed by atoms with Crippen molar-refractivity contribution in [1.82, 2.24) is 9.62 Å². The Morgan fingerprint density at radius 1 is 1.06 bits per heavy atom. The summed E-state index contributed by atoms with van der Waals surface area (Å²) >= 11 is 0. The summed E-state index contributed by atoms with van der Waals surface area (Å²) < 4.78 is 29.1. The molecular weight excluding hydrogens is 466 g/mol. The summed E-state index contributed by atoms with van der Waals surface area (Å²) in [5, 5.41) is 20.0. The Labute approximate surface area is 204 Å². The van der Waals surface area contributed by atoms with E-state index >= 15 is 0 Å². The zero-order chi connectivity index (χ0) is 25.4. The molecule has 0 radical (unpaired) electrons. The first-order valence-electron chi connectivity index (χ1n) is 11.2. The quantitative estimate of drug-likeness (QED) is 0.422. The van der Waals surface area contributed by atoms with E-state index in [1.54, 1.807) is 42.5 Å². The van der Waals surface area contributed by atoms with E-state index in [-0.39, 0.29) is 17.9 Å². The lowest BCUT2D eigenvalue weighted by molar-refractivity contribution is -0.145. The molecule has 0 saturated carbocycles. The Hall–Kier alpha value is -3.74. The van der Waals surface area contributed by atoms with Crippen LogP contribution in [0.5, 0.6) is 0 Å². The minimum absolute atomic E-state index is 0.000400. The number of benzene rings is 3. The maximum atomic E-state index is 13.4. The van der Waals surface area contributed by atoms with Gasteiger partial charge in [0.25, 0.3) is 0 Å². The molecule has 0 fully saturated rings. The van der Waals surface area contributed by atoms with Gasteiger partial charge in [0.05, 0.1) is 16.5 Å². The number of fused-ring (bicyclic) bond motifs is 1. The Balaban J connectivity index is 1.95. The molecule has 0 aliphatic heterocycles. The largest absolute Gasteiger partial charge is 0.480 e. The van der Waals surface area contributed by atoms with E-state index in [2.05, 4.69) is 4.72 Å². The lowest BCUT2D eigenvalue weighted by Gasteiger charge is -2.27. The smallest absolute Gasteiger partial charge is 0.323 e. The van der Waals surface area contributed by atoms with E-state index in [0.717, 1.165) is 17.2 Å². The number of nitrogens with one attached hydrogen (secondary N) is 1. The van der Waals surface area contributed by atoms with E-state index < -0.39 is 34.5 Å². The van der Waals surface area contributed by atoms with Crippen LogP contribution in [0.15, 0.2) is 71.6 Å². The van der Waals surface area contributed by atoms with Crippen LogP contribution in [0.3, 0.4) is 0 Å². The standard InChI is InChI=1S/C26H27N3O5S/c1-2-3-14-29(18-25(30)31)26(32)24(15-19-8-10-20(17-27)11-9-19)28-35(33,34)23-13-12-21-6-4-5-7-22(21)16-23/h4-13,16,24,28H,2-3,14-15,18H2,1H3,(H,30,31)/t24-/m0/s1. The number of unbranched alkanes of at least 4 members (excludes halogenated alkanes) is 1. The molecule has 2 N–H and O–H groups in total. The van der Waals surface area contributed by atoms with Crippen molar-refractivity contribution in [2.24, 2.45) is 0 Å². The molecule has 1 amide bonds. The van der Waals surface area contributed by atoms with Crippen molar-refractivity contribution in [3.63, 3.8) is 0 Å². The molecule has 0 aromatic heterocycles. The number of hydrogen-bond acceptors (Lipinski definition) is 5. The van der Waals surface area contributed by atoms with Gasteiger partial charge in [0.2, 0.25) is 15.9 Å². The van der Waals surface area contributed by atoms with Gasteiger partial charge < -0.3 is 10.0 Å². The molecule has 35 heavy (non-hydrogen) atoms. The highest BCUT2D eigenvalue weighted by Gasteiger charge is 2.30. The second kappa shape index (κ2) is 11.6. The number of carboxylic acid groups (broad SMARTS) is 1. The summed E-state index contributed by atoms with van der Waals surface area (Å²) in [6, 6.07) is 19.3. The normalized spacial score (nSPS) is 12.1. The number of carbonyl (C=O) groups excluding carboxylic acids is 1. The predicted octanol–water partition coefficient (Wildman–Crippen LogP) is 3.31. The van der Waals surface area contributed by atoms with E-state index in [0.29, 0.717) is 17.5 Å². The molecule has 9 heteroatoms. The molecule has 1 atom stereocenters. The topological polar surface area (TPSA) is 128 Å². The van der Waals surface area contributed by atoms with Gasteiger partial charge in [-0.25, -0.2) is 8.42 Å². The number of aliphatic carboxylic acids is 1. The first-order valence-corrected chi connectivity index (χ1v) is 12.7. The van der Waals surface area contributed by atoms with Crippen LogP contribution in [0.2, 0.25) is 0 Å². The highest BCUT2D eigenvalue weighted by molar-refractivity contribution is 7.89. The minimum Gasteiger partial charge on any atom is -0.480 e. The summed E-state index contributed by atoms with van der Waals surface area (Å²) in [4.78, 5) is 26.0. The number of carbonyl (C=O) groups is 2. The number of hydrogen-bond donors (Lipinski definition) is 2. The molecule has 0 spiro atoms. The maximum Gasteiger partial charge on any atom is 0.323 e. The number of nitriles is 1. The summed E-state index contributed by atoms with van der Waals surface area (Å²) in [5.41, 5.74) is 1.07. The number of amides is 1. The lowest BCUT2D eigenvalue weighted by atomic mass is 10.0. The summed E-state index contributed by atoms with van der Waals surface area (Å²) in [6.07, 6.45) is 1.33. The Bertz CT molecular complexity index is 1350. The van der Waals surface area contributed by atoms with Gasteiger partial charge in [-0.2, -0.15) is 9.98 Å². The Morgan fingerprint density at radius 2 is 1.74 bits per heavy atom. The molecule has 0 bridgehead atoms. The van der Waals surface area contributed by atoms with Crippen LogP contribution in [-0.4, -0.2) is 49.4 Å². The highest BCUT2D eigenvalue weighted by atomic mass is 32.2. The first-order chi connectivity index (χ1) is 16.7. The number of carboxylic acids is 1. The van der Waals surface area contributed by atoms with Gasteiger partial charge in [-0.1, -0.05) is 55.8 Å². The fraction of sp³-hybridized carbons (Fsp3) is 0.269. The van der Waals surface area contributed by atoms with Gasteiger partial charge in [0, 0.05) is 6.54 Å². The number of sulfonamides is 1. The van der Waals surface area contributed by atoms with Gasteiger partial charge in [0.1, 0.15) is 12.6 Å². The predicted molar refractivity (Wildman–Crippen MR) is 132 cm³/mol. The van der Waals surface area contributed by atoms with Crippen molar-refractivity contribution in [1.29, 1.82) is 5.26 Å². The van der Waals surface area contributed by atoms with Crippen LogP contribution in [-0.2, 0) is 26.0 Å². The van der Waals surface area contributed by atoms with E-state index in [1.165, 1.54) is 17.0 Å². The van der Waals surface area contributed by atoms with Crippen LogP contribution in [0.1, 0.15) is 30.9 Å². The molecule has 0 saturated heterocycles. The van der Waals surface area contributed by atoms with Gasteiger partial charge in [0.15, 0.2) is 0 Å². The second-order valence-electron chi connectivity index (χ2n) is 8.20. The fourth-order valence-electron chi connectivity index (χ4n) is 3.72. The van der Waals surface area contributed by atoms with Gasteiger partial charge in [-0.05, 0) is 53.4 Å². The number of rotatable bonds is 11. The van der Waals surface area contributed by atoms with Gasteiger partial charge in [-0.15, -0.1) is 0 Å². The molecule has 0 aliphatic rings. The number of nitrogens with zero attached hydrogens (tertiary/aromatic N) is 2. The van der Waals surface area contributed by atoms with Crippen molar-refractivity contribution in [3.8, 4) is 6.07 Å². The fourth-order valence-corrected chi connectivity index (χ4v) is 4.94. The second-order valence-corrected chi connectivity index (χ2v) is 9.92. The van der Waals surface area contributed by atoms with E-state index in [9.17, 15) is 23.1 Å². The summed E-state index contributed by atoms with van der Waals surface area (Å²) in [5.74, 6) is -1.79. The summed E-state index contributed by atoms with van der Waals surface area (Å²) in [6.45, 7) is 1.59. The molecule has 0 unspecified atom stereocenters. The zero-order valence-corrected chi connectivity index (χ0v) is 20.2. The molecule has 3 rings (SSSR count). The molecule has 0 heterocycles. The van der Waals surface area contributed by atoms with Crippen LogP contribution >= 0.6 is 0 Å². The third-order valence-electron chi connectivity index (χ3n) is 5.57. The third-order valence-corrected chi connectivity index (χ3v) is 7.04. The Kier molecular flexibility index (Phi) is 8.58. The van der Waals surface area contributed by atoms with Crippen molar-refractivity contribution < 1.29 is 23.1 Å². The molecular formula is C26H27N3O5S. The summed E-state index contributed by atoms with van der Waals surface area (Å²) in [7, 11) is -4.11. The van der Waals surface area contributed by atoms with Crippen molar-refractivity contribution >= 4 is 32.7 Å². The van der Waals surface area contributed by atoms with E-state index in [4.69, 9.17) is 5.26 Å². The molecule has 8 nitrogen and oxygen atoms in total.